The molecule has 4 aromatic rings. The summed E-state index contributed by atoms with van der Waals surface area (Å²) in [5.74, 6) is -0.620. The lowest BCUT2D eigenvalue weighted by atomic mass is 9.98. The molecule has 0 spiro atoms. The summed E-state index contributed by atoms with van der Waals surface area (Å²) in [7, 11) is 0. The number of halogens is 2. The molecule has 7 heteroatoms. The third-order valence-electron chi connectivity index (χ3n) is 6.33. The summed E-state index contributed by atoms with van der Waals surface area (Å²) in [6, 6.07) is 21.7. The first kappa shape index (κ1) is 22.8. The van der Waals surface area contributed by atoms with E-state index in [9.17, 15) is 19.2 Å². The van der Waals surface area contributed by atoms with Crippen LogP contribution in [-0.2, 0) is 6.42 Å². The van der Waals surface area contributed by atoms with Gasteiger partial charge in [0.25, 0.3) is 11.5 Å². The second kappa shape index (κ2) is 9.36. The number of aromatic nitrogens is 1. The van der Waals surface area contributed by atoms with Crippen molar-refractivity contribution in [1.82, 2.24) is 9.88 Å². The Bertz CT molecular complexity index is 1540. The van der Waals surface area contributed by atoms with E-state index < -0.39 is 11.5 Å². The quantitative estimate of drug-likeness (QED) is 0.379. The Labute approximate surface area is 206 Å². The summed E-state index contributed by atoms with van der Waals surface area (Å²) in [6.07, 6.45) is 1.68. The van der Waals surface area contributed by atoms with Gasteiger partial charge < -0.3 is 5.32 Å². The highest BCUT2D eigenvalue weighted by Crippen LogP contribution is 2.41. The molecule has 174 valence electrons. The van der Waals surface area contributed by atoms with Crippen molar-refractivity contribution < 1.29 is 9.18 Å². The Kier molecular flexibility index (Phi) is 6.10. The number of para-hydroxylation sites is 1. The fourth-order valence-electron chi connectivity index (χ4n) is 4.61. The molecule has 5 rings (SSSR count). The molecular formula is C28H21ClFN3O2. The van der Waals surface area contributed by atoms with Gasteiger partial charge in [-0.3, -0.25) is 14.2 Å². The number of fused-ring (bicyclic) bond motifs is 1. The molecule has 0 saturated heterocycles. The van der Waals surface area contributed by atoms with Crippen molar-refractivity contribution in [2.45, 2.75) is 25.3 Å². The standard InChI is InChI=1S/C28H21ClFN3O2/c29-22-11-5-10-21-24(22)28(35)33(20-8-2-1-3-9-20)23(14-15-31)25(21)27(34)32-26(17-12-13-17)18-6-4-7-19(30)16-18/h1-11,16-17,26H,12-14H2,(H,32,34)/t26-/m0/s1. The van der Waals surface area contributed by atoms with Crippen molar-refractivity contribution in [3.05, 3.63) is 111 Å². The second-order valence-corrected chi connectivity index (χ2v) is 9.05. The van der Waals surface area contributed by atoms with Gasteiger partial charge in [0.05, 0.1) is 40.2 Å². The molecule has 35 heavy (non-hydrogen) atoms. The summed E-state index contributed by atoms with van der Waals surface area (Å²) in [4.78, 5) is 27.5. The fraction of sp³-hybridized carbons (Fsp3) is 0.179. The van der Waals surface area contributed by atoms with Crippen molar-refractivity contribution in [1.29, 1.82) is 5.26 Å². The number of nitrogens with zero attached hydrogens (tertiary/aromatic N) is 2. The number of nitrogens with one attached hydrogen (secondary N) is 1. The van der Waals surface area contributed by atoms with Gasteiger partial charge in [0.1, 0.15) is 5.82 Å². The molecule has 0 aliphatic heterocycles. The van der Waals surface area contributed by atoms with E-state index >= 15 is 0 Å². The van der Waals surface area contributed by atoms with E-state index in [4.69, 9.17) is 11.6 Å². The van der Waals surface area contributed by atoms with Crippen LogP contribution in [0.3, 0.4) is 0 Å². The fourth-order valence-corrected chi connectivity index (χ4v) is 4.87. The molecule has 0 radical (unpaired) electrons. The molecule has 1 atom stereocenters. The molecule has 1 amide bonds. The highest BCUT2D eigenvalue weighted by atomic mass is 35.5. The van der Waals surface area contributed by atoms with Crippen molar-refractivity contribution in [2.75, 3.05) is 0 Å². The molecule has 1 saturated carbocycles. The van der Waals surface area contributed by atoms with Crippen LogP contribution >= 0.6 is 11.6 Å². The maximum absolute atomic E-state index is 14.0. The maximum Gasteiger partial charge on any atom is 0.264 e. The summed E-state index contributed by atoms with van der Waals surface area (Å²) >= 11 is 6.46. The minimum atomic E-state index is -0.437. The predicted octanol–water partition coefficient (Wildman–Crippen LogP) is 5.73. The van der Waals surface area contributed by atoms with Crippen molar-refractivity contribution in [2.24, 2.45) is 5.92 Å². The number of hydrogen-bond donors (Lipinski definition) is 1. The van der Waals surface area contributed by atoms with Crippen LogP contribution in [0.25, 0.3) is 16.5 Å². The largest absolute Gasteiger partial charge is 0.345 e. The number of nitriles is 1. The number of pyridine rings is 1. The van der Waals surface area contributed by atoms with Crippen LogP contribution in [0.1, 0.15) is 40.5 Å². The lowest BCUT2D eigenvalue weighted by molar-refractivity contribution is 0.0931. The Morgan fingerprint density at radius 1 is 1.11 bits per heavy atom. The average molecular weight is 486 g/mol. The van der Waals surface area contributed by atoms with Crippen LogP contribution in [0.2, 0.25) is 5.02 Å². The Morgan fingerprint density at radius 2 is 1.86 bits per heavy atom. The Hall–Kier alpha value is -3.95. The van der Waals surface area contributed by atoms with E-state index in [2.05, 4.69) is 11.4 Å². The molecule has 1 aliphatic rings. The first-order valence-electron chi connectivity index (χ1n) is 11.3. The van der Waals surface area contributed by atoms with Gasteiger partial charge in [-0.05, 0) is 54.7 Å². The van der Waals surface area contributed by atoms with Gasteiger partial charge in [0.15, 0.2) is 0 Å². The lowest BCUT2D eigenvalue weighted by Crippen LogP contribution is -2.34. The van der Waals surface area contributed by atoms with Gasteiger partial charge in [-0.1, -0.05) is 54.1 Å². The zero-order valence-electron chi connectivity index (χ0n) is 18.7. The van der Waals surface area contributed by atoms with Crippen LogP contribution in [-0.4, -0.2) is 10.5 Å². The summed E-state index contributed by atoms with van der Waals surface area (Å²) < 4.78 is 15.4. The first-order chi connectivity index (χ1) is 17.0. The number of rotatable bonds is 6. The Balaban J connectivity index is 1.73. The number of amides is 1. The van der Waals surface area contributed by atoms with E-state index in [0.29, 0.717) is 16.6 Å². The molecule has 1 heterocycles. The second-order valence-electron chi connectivity index (χ2n) is 8.64. The molecule has 1 fully saturated rings. The van der Waals surface area contributed by atoms with Gasteiger partial charge in [-0.15, -0.1) is 0 Å². The van der Waals surface area contributed by atoms with Crippen molar-refractivity contribution in [3.63, 3.8) is 0 Å². The molecular weight excluding hydrogens is 465 g/mol. The van der Waals surface area contributed by atoms with E-state index in [0.717, 1.165) is 12.8 Å². The molecule has 3 aromatic carbocycles. The monoisotopic (exact) mass is 485 g/mol. The lowest BCUT2D eigenvalue weighted by Gasteiger charge is -2.22. The van der Waals surface area contributed by atoms with Crippen molar-refractivity contribution in [3.8, 4) is 11.8 Å². The minimum Gasteiger partial charge on any atom is -0.345 e. The third-order valence-corrected chi connectivity index (χ3v) is 6.65. The predicted molar refractivity (Wildman–Crippen MR) is 133 cm³/mol. The summed E-state index contributed by atoms with van der Waals surface area (Å²) in [5.41, 5.74) is 1.31. The van der Waals surface area contributed by atoms with Crippen LogP contribution in [0.4, 0.5) is 4.39 Å². The zero-order chi connectivity index (χ0) is 24.5. The molecule has 0 bridgehead atoms. The SMILES string of the molecule is N#CCc1c(C(=O)N[C@H](c2cccc(F)c2)C2CC2)c2cccc(Cl)c2c(=O)n1-c1ccccc1. The normalized spacial score (nSPS) is 13.9. The molecule has 1 N–H and O–H groups in total. The van der Waals surface area contributed by atoms with Gasteiger partial charge in [-0.25, -0.2) is 4.39 Å². The number of carbonyl (C=O) groups excluding carboxylic acids is 1. The topological polar surface area (TPSA) is 74.9 Å². The van der Waals surface area contributed by atoms with Gasteiger partial charge in [0, 0.05) is 11.1 Å². The highest BCUT2D eigenvalue weighted by Gasteiger charge is 2.35. The van der Waals surface area contributed by atoms with Gasteiger partial charge in [0.2, 0.25) is 0 Å². The van der Waals surface area contributed by atoms with Crippen molar-refractivity contribution >= 4 is 28.3 Å². The molecule has 1 aliphatic carbocycles. The van der Waals surface area contributed by atoms with E-state index in [1.54, 1.807) is 54.6 Å². The molecule has 1 aromatic heterocycles. The molecule has 5 nitrogen and oxygen atoms in total. The van der Waals surface area contributed by atoms with Crippen LogP contribution in [0.5, 0.6) is 0 Å². The number of hydrogen-bond acceptors (Lipinski definition) is 3. The highest BCUT2D eigenvalue weighted by molar-refractivity contribution is 6.36. The average Bonchev–Trinajstić information content (AvgIpc) is 3.69. The van der Waals surface area contributed by atoms with Crippen LogP contribution in [0.15, 0.2) is 77.6 Å². The Morgan fingerprint density at radius 3 is 2.54 bits per heavy atom. The first-order valence-corrected chi connectivity index (χ1v) is 11.7. The van der Waals surface area contributed by atoms with Crippen LogP contribution in [0, 0.1) is 23.1 Å². The number of benzene rings is 3. The smallest absolute Gasteiger partial charge is 0.264 e. The minimum absolute atomic E-state index is 0.163. The summed E-state index contributed by atoms with van der Waals surface area (Å²) in [6.45, 7) is 0. The maximum atomic E-state index is 14.0. The van der Waals surface area contributed by atoms with E-state index in [1.807, 2.05) is 6.07 Å². The molecule has 0 unspecified atom stereocenters. The van der Waals surface area contributed by atoms with E-state index in [1.165, 1.54) is 16.7 Å². The third kappa shape index (κ3) is 4.31. The van der Waals surface area contributed by atoms with E-state index in [-0.39, 0.29) is 45.9 Å². The zero-order valence-corrected chi connectivity index (χ0v) is 19.4. The van der Waals surface area contributed by atoms with Gasteiger partial charge in [-0.2, -0.15) is 5.26 Å². The van der Waals surface area contributed by atoms with Crippen LogP contribution < -0.4 is 10.9 Å². The summed E-state index contributed by atoms with van der Waals surface area (Å²) in [5, 5.41) is 13.5. The number of carbonyl (C=O) groups is 1. The van der Waals surface area contributed by atoms with Gasteiger partial charge >= 0.3 is 0 Å².